The van der Waals surface area contributed by atoms with E-state index < -0.39 is 0 Å². The van der Waals surface area contributed by atoms with Gasteiger partial charge in [-0.3, -0.25) is 9.59 Å². The Hall–Kier alpha value is -2.34. The number of halogens is 1. The largest absolute Gasteiger partial charge is 0.371 e. The molecule has 0 aliphatic carbocycles. The van der Waals surface area contributed by atoms with E-state index in [1.54, 1.807) is 12.1 Å². The maximum atomic E-state index is 13.6. The van der Waals surface area contributed by atoms with Gasteiger partial charge in [-0.2, -0.15) is 0 Å². The molecule has 2 aliphatic rings. The third-order valence-corrected chi connectivity index (χ3v) is 7.26. The van der Waals surface area contributed by atoms with Crippen LogP contribution in [0.15, 0.2) is 46.9 Å². The molecule has 2 heterocycles. The highest BCUT2D eigenvalue weighted by Crippen LogP contribution is 2.31. The Kier molecular flexibility index (Phi) is 7.19. The normalized spacial score (nSPS) is 18.0. The summed E-state index contributed by atoms with van der Waals surface area (Å²) < 4.78 is 0.856. The van der Waals surface area contributed by atoms with Crippen molar-refractivity contribution >= 4 is 39.1 Å². The average molecular weight is 498 g/mol. The number of hydrogen-bond acceptors (Lipinski definition) is 3. The number of amides is 2. The van der Waals surface area contributed by atoms with Crippen LogP contribution in [0.1, 0.15) is 60.2 Å². The topological polar surface area (TPSA) is 52.7 Å². The molecular weight excluding hydrogens is 466 g/mol. The van der Waals surface area contributed by atoms with E-state index in [4.69, 9.17) is 0 Å². The maximum Gasteiger partial charge on any atom is 0.256 e. The predicted octanol–water partition coefficient (Wildman–Crippen LogP) is 5.81. The SMILES string of the molecule is CC1CCN(C(=O)c2cc(NC(=O)c3cccc(Br)c3)ccc2N2CCC(C)CC2)CC1. The summed E-state index contributed by atoms with van der Waals surface area (Å²) in [6.07, 6.45) is 4.36. The summed E-state index contributed by atoms with van der Waals surface area (Å²) in [5.41, 5.74) is 2.91. The summed E-state index contributed by atoms with van der Waals surface area (Å²) in [6, 6.07) is 13.1. The molecule has 4 rings (SSSR count). The number of nitrogens with zero attached hydrogens (tertiary/aromatic N) is 2. The molecule has 2 saturated heterocycles. The molecule has 2 aliphatic heterocycles. The van der Waals surface area contributed by atoms with Gasteiger partial charge in [-0.15, -0.1) is 0 Å². The number of anilines is 2. The molecule has 170 valence electrons. The third kappa shape index (κ3) is 5.34. The van der Waals surface area contributed by atoms with Gasteiger partial charge in [0, 0.05) is 47.6 Å². The lowest BCUT2D eigenvalue weighted by Crippen LogP contribution is -2.40. The molecule has 5 nitrogen and oxygen atoms in total. The first kappa shape index (κ1) is 22.8. The van der Waals surface area contributed by atoms with Gasteiger partial charge < -0.3 is 15.1 Å². The fourth-order valence-corrected chi connectivity index (χ4v) is 4.92. The lowest BCUT2D eigenvalue weighted by Gasteiger charge is -2.35. The Morgan fingerprint density at radius 2 is 1.56 bits per heavy atom. The molecule has 0 atom stereocenters. The fraction of sp³-hybridized carbons (Fsp3) is 0.462. The lowest BCUT2D eigenvalue weighted by atomic mass is 9.96. The van der Waals surface area contributed by atoms with Gasteiger partial charge in [0.05, 0.1) is 5.56 Å². The number of carbonyl (C=O) groups is 2. The Morgan fingerprint density at radius 1 is 0.906 bits per heavy atom. The number of nitrogens with one attached hydrogen (secondary N) is 1. The van der Waals surface area contributed by atoms with Gasteiger partial charge in [-0.05, 0) is 73.9 Å². The van der Waals surface area contributed by atoms with Crippen molar-refractivity contribution in [2.24, 2.45) is 11.8 Å². The van der Waals surface area contributed by atoms with E-state index in [1.165, 1.54) is 0 Å². The van der Waals surface area contributed by atoms with Crippen molar-refractivity contribution in [2.45, 2.75) is 39.5 Å². The number of carbonyl (C=O) groups excluding carboxylic acids is 2. The van der Waals surface area contributed by atoms with Gasteiger partial charge in [0.25, 0.3) is 11.8 Å². The van der Waals surface area contributed by atoms with Crippen LogP contribution in [0.4, 0.5) is 11.4 Å². The molecule has 2 aromatic carbocycles. The molecule has 0 radical (unpaired) electrons. The van der Waals surface area contributed by atoms with Gasteiger partial charge in [0.1, 0.15) is 0 Å². The van der Waals surface area contributed by atoms with Crippen LogP contribution in [0, 0.1) is 11.8 Å². The van der Waals surface area contributed by atoms with Crippen LogP contribution in [-0.4, -0.2) is 42.9 Å². The summed E-state index contributed by atoms with van der Waals surface area (Å²) in [4.78, 5) is 30.6. The van der Waals surface area contributed by atoms with Crippen molar-refractivity contribution in [1.82, 2.24) is 4.90 Å². The summed E-state index contributed by atoms with van der Waals surface area (Å²) >= 11 is 3.42. The van der Waals surface area contributed by atoms with Crippen molar-refractivity contribution < 1.29 is 9.59 Å². The van der Waals surface area contributed by atoms with E-state index in [1.807, 2.05) is 35.2 Å². The van der Waals surface area contributed by atoms with E-state index in [9.17, 15) is 9.59 Å². The van der Waals surface area contributed by atoms with Gasteiger partial charge >= 0.3 is 0 Å². The highest BCUT2D eigenvalue weighted by molar-refractivity contribution is 9.10. The number of piperidine rings is 2. The van der Waals surface area contributed by atoms with Crippen LogP contribution in [0.25, 0.3) is 0 Å². The first-order valence-corrected chi connectivity index (χ1v) is 12.4. The van der Waals surface area contributed by atoms with Gasteiger partial charge in [-0.1, -0.05) is 35.8 Å². The predicted molar refractivity (Wildman–Crippen MR) is 133 cm³/mol. The van der Waals surface area contributed by atoms with Gasteiger partial charge in [-0.25, -0.2) is 0 Å². The molecule has 6 heteroatoms. The minimum absolute atomic E-state index is 0.0732. The second-order valence-electron chi connectivity index (χ2n) is 9.34. The molecule has 32 heavy (non-hydrogen) atoms. The van der Waals surface area contributed by atoms with Crippen molar-refractivity contribution in [1.29, 1.82) is 0 Å². The quantitative estimate of drug-likeness (QED) is 0.579. The first-order chi connectivity index (χ1) is 15.4. The molecule has 1 N–H and O–H groups in total. The zero-order chi connectivity index (χ0) is 22.7. The van der Waals surface area contributed by atoms with Gasteiger partial charge in [0.2, 0.25) is 0 Å². The standard InChI is InChI=1S/C26H32BrN3O2/c1-18-8-12-29(13-9-18)24-7-6-22(28-25(31)20-4-3-5-21(27)16-20)17-23(24)26(32)30-14-10-19(2)11-15-30/h3-7,16-19H,8-15H2,1-2H3,(H,28,31). The molecule has 2 fully saturated rings. The second-order valence-corrected chi connectivity index (χ2v) is 10.3. The first-order valence-electron chi connectivity index (χ1n) is 11.7. The van der Waals surface area contributed by atoms with Crippen molar-refractivity contribution in [3.63, 3.8) is 0 Å². The highest BCUT2D eigenvalue weighted by atomic mass is 79.9. The maximum absolute atomic E-state index is 13.6. The molecule has 0 unspecified atom stereocenters. The second kappa shape index (κ2) is 10.1. The van der Waals surface area contributed by atoms with Crippen LogP contribution in [0.2, 0.25) is 0 Å². The number of rotatable bonds is 4. The average Bonchev–Trinajstić information content (AvgIpc) is 2.80. The number of hydrogen-bond donors (Lipinski definition) is 1. The van der Waals surface area contributed by atoms with Gasteiger partial charge in [0.15, 0.2) is 0 Å². The van der Waals surface area contributed by atoms with E-state index in [-0.39, 0.29) is 11.8 Å². The van der Waals surface area contributed by atoms with Crippen molar-refractivity contribution in [2.75, 3.05) is 36.4 Å². The van der Waals surface area contributed by atoms with E-state index in [0.29, 0.717) is 22.7 Å². The fourth-order valence-electron chi connectivity index (χ4n) is 4.53. The van der Waals surface area contributed by atoms with Crippen LogP contribution in [0.5, 0.6) is 0 Å². The lowest BCUT2D eigenvalue weighted by molar-refractivity contribution is 0.0697. The Labute approximate surface area is 199 Å². The third-order valence-electron chi connectivity index (χ3n) is 6.77. The monoisotopic (exact) mass is 497 g/mol. The minimum atomic E-state index is -0.184. The number of likely N-dealkylation sites (tertiary alicyclic amines) is 1. The number of benzene rings is 2. The van der Waals surface area contributed by atoms with Crippen molar-refractivity contribution in [3.8, 4) is 0 Å². The van der Waals surface area contributed by atoms with Crippen LogP contribution < -0.4 is 10.2 Å². The summed E-state index contributed by atoms with van der Waals surface area (Å²) in [7, 11) is 0. The zero-order valence-electron chi connectivity index (χ0n) is 18.9. The van der Waals surface area contributed by atoms with Crippen LogP contribution >= 0.6 is 15.9 Å². The molecule has 0 spiro atoms. The zero-order valence-corrected chi connectivity index (χ0v) is 20.5. The smallest absolute Gasteiger partial charge is 0.256 e. The van der Waals surface area contributed by atoms with E-state index in [0.717, 1.165) is 67.9 Å². The molecule has 2 amide bonds. The summed E-state index contributed by atoms with van der Waals surface area (Å²) in [5, 5.41) is 2.98. The van der Waals surface area contributed by atoms with Crippen molar-refractivity contribution in [3.05, 3.63) is 58.1 Å². The Bertz CT molecular complexity index is 977. The molecule has 0 aromatic heterocycles. The van der Waals surface area contributed by atoms with Crippen LogP contribution in [0.3, 0.4) is 0 Å². The summed E-state index contributed by atoms with van der Waals surface area (Å²) in [6.45, 7) is 8.06. The Morgan fingerprint density at radius 3 is 2.22 bits per heavy atom. The van der Waals surface area contributed by atoms with E-state index in [2.05, 4.69) is 40.0 Å². The molecule has 0 bridgehead atoms. The Balaban J connectivity index is 1.61. The van der Waals surface area contributed by atoms with Crippen LogP contribution in [-0.2, 0) is 0 Å². The molecule has 2 aromatic rings. The molecular formula is C26H32BrN3O2. The molecule has 0 saturated carbocycles. The minimum Gasteiger partial charge on any atom is -0.371 e. The van der Waals surface area contributed by atoms with E-state index >= 15 is 0 Å². The summed E-state index contributed by atoms with van der Waals surface area (Å²) in [5.74, 6) is 1.27. The highest BCUT2D eigenvalue weighted by Gasteiger charge is 2.27.